The third kappa shape index (κ3) is 3.54. The molecule has 1 fully saturated rings. The van der Waals surface area contributed by atoms with Gasteiger partial charge in [-0.15, -0.1) is 0 Å². The molecular formula is C16H22N2O3. The Morgan fingerprint density at radius 2 is 1.86 bits per heavy atom. The molecule has 1 aromatic rings. The molecule has 1 aliphatic rings. The van der Waals surface area contributed by atoms with Crippen LogP contribution in [-0.4, -0.2) is 41.6 Å². The molecule has 1 unspecified atom stereocenters. The summed E-state index contributed by atoms with van der Waals surface area (Å²) >= 11 is 0. The number of cyclic esters (lactones) is 1. The number of hydrogen-bond donors (Lipinski definition) is 0. The Labute approximate surface area is 125 Å². The zero-order valence-electron chi connectivity index (χ0n) is 12.6. The third-order valence-corrected chi connectivity index (χ3v) is 3.47. The smallest absolute Gasteiger partial charge is 0.418 e. The Balaban J connectivity index is 2.07. The van der Waals surface area contributed by atoms with Crippen molar-refractivity contribution in [1.29, 1.82) is 0 Å². The lowest BCUT2D eigenvalue weighted by Gasteiger charge is -2.24. The maximum Gasteiger partial charge on any atom is 0.418 e. The first-order chi connectivity index (χ1) is 10.2. The number of rotatable bonds is 5. The van der Waals surface area contributed by atoms with Crippen LogP contribution in [0.5, 0.6) is 0 Å². The van der Waals surface area contributed by atoms with Crippen LogP contribution < -0.4 is 0 Å². The van der Waals surface area contributed by atoms with Gasteiger partial charge in [-0.2, -0.15) is 0 Å². The fourth-order valence-corrected chi connectivity index (χ4v) is 2.47. The van der Waals surface area contributed by atoms with E-state index in [-0.39, 0.29) is 18.7 Å². The molecule has 1 saturated heterocycles. The van der Waals surface area contributed by atoms with Crippen LogP contribution in [0.1, 0.15) is 38.4 Å². The van der Waals surface area contributed by atoms with Gasteiger partial charge in [0.2, 0.25) is 0 Å². The second-order valence-corrected chi connectivity index (χ2v) is 5.16. The van der Waals surface area contributed by atoms with Gasteiger partial charge in [-0.1, -0.05) is 44.2 Å². The van der Waals surface area contributed by atoms with E-state index in [1.807, 2.05) is 44.2 Å². The first kappa shape index (κ1) is 15.4. The number of urea groups is 1. The molecule has 3 amide bonds. The summed E-state index contributed by atoms with van der Waals surface area (Å²) in [6, 6.07) is 9.27. The zero-order valence-corrected chi connectivity index (χ0v) is 12.6. The maximum atomic E-state index is 12.5. The Kier molecular flexibility index (Phi) is 5.20. The lowest BCUT2D eigenvalue weighted by molar-refractivity contribution is 0.129. The van der Waals surface area contributed by atoms with Gasteiger partial charge in [-0.3, -0.25) is 0 Å². The highest BCUT2D eigenvalue weighted by Crippen LogP contribution is 2.26. The zero-order chi connectivity index (χ0) is 15.2. The Bertz CT molecular complexity index is 484. The Morgan fingerprint density at radius 1 is 1.24 bits per heavy atom. The third-order valence-electron chi connectivity index (χ3n) is 3.47. The van der Waals surface area contributed by atoms with Crippen molar-refractivity contribution in [3.63, 3.8) is 0 Å². The molecule has 0 aliphatic carbocycles. The number of ether oxygens (including phenoxy) is 1. The first-order valence-electron chi connectivity index (χ1n) is 7.49. The van der Waals surface area contributed by atoms with E-state index in [2.05, 4.69) is 0 Å². The number of hydrogen-bond acceptors (Lipinski definition) is 3. The minimum absolute atomic E-state index is 0.248. The molecule has 21 heavy (non-hydrogen) atoms. The van der Waals surface area contributed by atoms with E-state index in [0.29, 0.717) is 13.1 Å². The summed E-state index contributed by atoms with van der Waals surface area (Å²) in [4.78, 5) is 27.4. The van der Waals surface area contributed by atoms with Gasteiger partial charge in [0.1, 0.15) is 6.10 Å². The van der Waals surface area contributed by atoms with Gasteiger partial charge >= 0.3 is 12.1 Å². The number of carbonyl (C=O) groups is 2. The Hall–Kier alpha value is -2.04. The van der Waals surface area contributed by atoms with Crippen molar-refractivity contribution in [2.45, 2.75) is 32.8 Å². The van der Waals surface area contributed by atoms with Gasteiger partial charge in [-0.25, -0.2) is 14.5 Å². The number of imide groups is 1. The molecule has 1 atom stereocenters. The summed E-state index contributed by atoms with van der Waals surface area (Å²) in [5.41, 5.74) is 0.915. The van der Waals surface area contributed by atoms with E-state index in [1.165, 1.54) is 4.90 Å². The quantitative estimate of drug-likeness (QED) is 0.835. The molecule has 0 bridgehead atoms. The molecule has 0 radical (unpaired) electrons. The van der Waals surface area contributed by atoms with Crippen molar-refractivity contribution in [3.05, 3.63) is 35.9 Å². The van der Waals surface area contributed by atoms with Gasteiger partial charge in [0.15, 0.2) is 0 Å². The molecule has 5 heteroatoms. The molecule has 0 saturated carbocycles. The van der Waals surface area contributed by atoms with Crippen LogP contribution in [0.15, 0.2) is 30.3 Å². The van der Waals surface area contributed by atoms with Crippen LogP contribution in [0.2, 0.25) is 0 Å². The van der Waals surface area contributed by atoms with Crippen molar-refractivity contribution in [1.82, 2.24) is 9.80 Å². The Morgan fingerprint density at radius 3 is 2.43 bits per heavy atom. The summed E-state index contributed by atoms with van der Waals surface area (Å²) in [5, 5.41) is 0. The van der Waals surface area contributed by atoms with Crippen molar-refractivity contribution >= 4 is 12.1 Å². The molecule has 0 spiro atoms. The van der Waals surface area contributed by atoms with Crippen molar-refractivity contribution < 1.29 is 14.3 Å². The van der Waals surface area contributed by atoms with E-state index in [1.54, 1.807) is 4.90 Å². The van der Waals surface area contributed by atoms with Crippen LogP contribution in [0, 0.1) is 0 Å². The first-order valence-corrected chi connectivity index (χ1v) is 7.49. The molecular weight excluding hydrogens is 268 g/mol. The second-order valence-electron chi connectivity index (χ2n) is 5.16. The van der Waals surface area contributed by atoms with E-state index < -0.39 is 6.09 Å². The topological polar surface area (TPSA) is 49.9 Å². The lowest BCUT2D eigenvalue weighted by Crippen LogP contribution is -2.44. The van der Waals surface area contributed by atoms with Crippen molar-refractivity contribution in [2.24, 2.45) is 0 Å². The number of nitrogens with zero attached hydrogens (tertiary/aromatic N) is 2. The maximum absolute atomic E-state index is 12.5. The summed E-state index contributed by atoms with van der Waals surface area (Å²) in [5.74, 6) is 0. The van der Waals surface area contributed by atoms with Crippen molar-refractivity contribution in [3.8, 4) is 0 Å². The fourth-order valence-electron chi connectivity index (χ4n) is 2.47. The molecule has 1 aromatic carbocycles. The molecule has 0 N–H and O–H groups in total. The number of carbonyl (C=O) groups excluding carboxylic acids is 2. The average Bonchev–Trinajstić information content (AvgIpc) is 2.89. The predicted molar refractivity (Wildman–Crippen MR) is 79.9 cm³/mol. The van der Waals surface area contributed by atoms with Gasteiger partial charge in [0.05, 0.1) is 6.54 Å². The molecule has 1 aliphatic heterocycles. The highest BCUT2D eigenvalue weighted by molar-refractivity contribution is 5.92. The normalized spacial score (nSPS) is 17.7. The van der Waals surface area contributed by atoms with E-state index in [4.69, 9.17) is 4.74 Å². The summed E-state index contributed by atoms with van der Waals surface area (Å²) in [6.45, 7) is 5.64. The average molecular weight is 290 g/mol. The fraction of sp³-hybridized carbons (Fsp3) is 0.500. The molecule has 1 heterocycles. The van der Waals surface area contributed by atoms with Crippen LogP contribution in [-0.2, 0) is 4.74 Å². The minimum atomic E-state index is -0.550. The van der Waals surface area contributed by atoms with E-state index >= 15 is 0 Å². The summed E-state index contributed by atoms with van der Waals surface area (Å²) < 4.78 is 5.33. The molecule has 5 nitrogen and oxygen atoms in total. The standard InChI is InChI=1S/C16H22N2O3/c1-3-10-17(11-4-2)15(19)18-12-14(21-16(18)20)13-8-6-5-7-9-13/h5-9,14H,3-4,10-12H2,1-2H3. The van der Waals surface area contributed by atoms with Crippen LogP contribution >= 0.6 is 0 Å². The monoisotopic (exact) mass is 290 g/mol. The molecule has 114 valence electrons. The van der Waals surface area contributed by atoms with Gasteiger partial charge in [-0.05, 0) is 18.4 Å². The SMILES string of the molecule is CCCN(CCC)C(=O)N1CC(c2ccccc2)OC1=O. The highest BCUT2D eigenvalue weighted by atomic mass is 16.6. The molecule has 0 aromatic heterocycles. The number of benzene rings is 1. The second kappa shape index (κ2) is 7.11. The lowest BCUT2D eigenvalue weighted by atomic mass is 10.1. The summed E-state index contributed by atoms with van der Waals surface area (Å²) in [6.07, 6.45) is 0.826. The summed E-state index contributed by atoms with van der Waals surface area (Å²) in [7, 11) is 0. The van der Waals surface area contributed by atoms with Gasteiger partial charge in [0.25, 0.3) is 0 Å². The highest BCUT2D eigenvalue weighted by Gasteiger charge is 2.38. The van der Waals surface area contributed by atoms with E-state index in [0.717, 1.165) is 18.4 Å². The largest absolute Gasteiger partial charge is 0.439 e. The number of amides is 3. The molecule has 2 rings (SSSR count). The predicted octanol–water partition coefficient (Wildman–Crippen LogP) is 3.42. The van der Waals surface area contributed by atoms with Gasteiger partial charge < -0.3 is 9.64 Å². The van der Waals surface area contributed by atoms with E-state index in [9.17, 15) is 9.59 Å². The van der Waals surface area contributed by atoms with Crippen LogP contribution in [0.25, 0.3) is 0 Å². The van der Waals surface area contributed by atoms with Crippen LogP contribution in [0.3, 0.4) is 0 Å². The van der Waals surface area contributed by atoms with Crippen LogP contribution in [0.4, 0.5) is 9.59 Å². The van der Waals surface area contributed by atoms with Gasteiger partial charge in [0, 0.05) is 13.1 Å². The van der Waals surface area contributed by atoms with Crippen molar-refractivity contribution in [2.75, 3.05) is 19.6 Å². The minimum Gasteiger partial charge on any atom is -0.439 e.